The van der Waals surface area contributed by atoms with E-state index in [2.05, 4.69) is 6.92 Å². The van der Waals surface area contributed by atoms with Crippen LogP contribution in [0, 0.1) is 0 Å². The van der Waals surface area contributed by atoms with Crippen molar-refractivity contribution < 1.29 is 42.0 Å². The van der Waals surface area contributed by atoms with Crippen molar-refractivity contribution in [3.63, 3.8) is 0 Å². The minimum absolute atomic E-state index is 0. The van der Waals surface area contributed by atoms with Gasteiger partial charge in [-0.1, -0.05) is 84.0 Å². The van der Waals surface area contributed by atoms with E-state index in [1.54, 1.807) is 0 Å². The Kier molecular flexibility index (Phi) is 29.2. The largest absolute Gasteiger partial charge is 0.907 e. The molecule has 0 aromatic heterocycles. The topological polar surface area (TPSA) is 109 Å². The minimum Gasteiger partial charge on any atom is -0.907 e. The van der Waals surface area contributed by atoms with Gasteiger partial charge in [-0.2, -0.15) is 0 Å². The van der Waals surface area contributed by atoms with Crippen molar-refractivity contribution in [2.75, 3.05) is 0 Å². The molecule has 0 saturated carbocycles. The van der Waals surface area contributed by atoms with Gasteiger partial charge in [0.05, 0.1) is 0 Å². The first-order valence-electron chi connectivity index (χ1n) is 8.68. The van der Waals surface area contributed by atoms with E-state index in [0.717, 1.165) is 12.8 Å². The van der Waals surface area contributed by atoms with E-state index >= 15 is 0 Å². The summed E-state index contributed by atoms with van der Waals surface area (Å²) in [6.07, 6.45) is 16.9. The molecule has 5 nitrogen and oxygen atoms in total. The fraction of sp³-hybridized carbons (Fsp3) is 0.938. The third kappa shape index (κ3) is 39.1. The van der Waals surface area contributed by atoms with E-state index in [9.17, 15) is 9.90 Å². The van der Waals surface area contributed by atoms with E-state index in [4.69, 9.17) is 15.1 Å². The molecular formula is C16H31BCuO5-4. The summed E-state index contributed by atoms with van der Waals surface area (Å²) in [5.74, 6) is -0.905. The predicted octanol–water partition coefficient (Wildman–Crippen LogP) is 0.267. The Morgan fingerprint density at radius 3 is 1.22 bits per heavy atom. The third-order valence-corrected chi connectivity index (χ3v) is 3.48. The van der Waals surface area contributed by atoms with Crippen LogP contribution in [0.4, 0.5) is 0 Å². The smallest absolute Gasteiger partial charge is 0.0414 e. The predicted molar refractivity (Wildman–Crippen MR) is 81.1 cm³/mol. The van der Waals surface area contributed by atoms with E-state index in [0.29, 0.717) is 0 Å². The summed E-state index contributed by atoms with van der Waals surface area (Å²) in [6.45, 7) is 2.26. The molecule has 0 spiro atoms. The summed E-state index contributed by atoms with van der Waals surface area (Å²) in [4.78, 5) is 10.2. The van der Waals surface area contributed by atoms with Gasteiger partial charge in [0.2, 0.25) is 0 Å². The SMILES string of the molecule is CCCCCCCCCCCCCCCC(=O)[O-].[Cu].[O-]B([O-])[O-]. The van der Waals surface area contributed by atoms with Crippen molar-refractivity contribution in [1.29, 1.82) is 0 Å². The van der Waals surface area contributed by atoms with Gasteiger partial charge in [-0.3, -0.25) is 7.32 Å². The number of aliphatic carboxylic acids is 1. The fourth-order valence-electron chi connectivity index (χ4n) is 2.29. The Balaban J connectivity index is -0.000000712. The number of carboxylic acids is 1. The van der Waals surface area contributed by atoms with Gasteiger partial charge in [0.25, 0.3) is 0 Å². The molecule has 0 heterocycles. The summed E-state index contributed by atoms with van der Waals surface area (Å²) in [7, 11) is -2.92. The van der Waals surface area contributed by atoms with Gasteiger partial charge in [-0.25, -0.2) is 0 Å². The maximum atomic E-state index is 10.2. The van der Waals surface area contributed by atoms with Crippen LogP contribution in [0.25, 0.3) is 0 Å². The Hall–Kier alpha value is -0.0656. The Labute approximate surface area is 152 Å². The fourth-order valence-corrected chi connectivity index (χ4v) is 2.29. The number of carbonyl (C=O) groups is 1. The Bertz CT molecular complexity index is 228. The first-order valence-corrected chi connectivity index (χ1v) is 8.68. The van der Waals surface area contributed by atoms with E-state index in [1.165, 1.54) is 70.6 Å². The maximum absolute atomic E-state index is 10.2. The van der Waals surface area contributed by atoms with Gasteiger partial charge in [0.15, 0.2) is 0 Å². The van der Waals surface area contributed by atoms with Crippen molar-refractivity contribution in [3.8, 4) is 0 Å². The second kappa shape index (κ2) is 24.2. The van der Waals surface area contributed by atoms with E-state index < -0.39 is 13.3 Å². The van der Waals surface area contributed by atoms with Crippen LogP contribution in [0.1, 0.15) is 96.8 Å². The van der Waals surface area contributed by atoms with Crippen molar-refractivity contribution in [1.82, 2.24) is 0 Å². The molecule has 0 fully saturated rings. The van der Waals surface area contributed by atoms with Crippen LogP contribution >= 0.6 is 0 Å². The molecule has 0 aliphatic carbocycles. The number of carboxylic acid groups (broad SMARTS) is 1. The molecule has 0 amide bonds. The molecule has 7 heteroatoms. The minimum atomic E-state index is -2.92. The van der Waals surface area contributed by atoms with Gasteiger partial charge in [0, 0.05) is 23.0 Å². The van der Waals surface area contributed by atoms with Gasteiger partial charge < -0.3 is 25.0 Å². The first-order chi connectivity index (χ1) is 10.5. The van der Waals surface area contributed by atoms with Gasteiger partial charge >= 0.3 is 0 Å². The Morgan fingerprint density at radius 2 is 0.957 bits per heavy atom. The zero-order chi connectivity index (χ0) is 17.1. The maximum Gasteiger partial charge on any atom is 0.0414 e. The third-order valence-electron chi connectivity index (χ3n) is 3.48. The second-order valence-corrected chi connectivity index (χ2v) is 5.65. The van der Waals surface area contributed by atoms with E-state index in [1.807, 2.05) is 0 Å². The van der Waals surface area contributed by atoms with Crippen LogP contribution < -0.4 is 20.2 Å². The molecule has 23 heavy (non-hydrogen) atoms. The summed E-state index contributed by atoms with van der Waals surface area (Å²) < 4.78 is 0. The molecule has 0 aromatic rings. The number of carbonyl (C=O) groups excluding carboxylic acids is 1. The van der Waals surface area contributed by atoms with Crippen LogP contribution in [-0.4, -0.2) is 13.3 Å². The number of hydrogen-bond acceptors (Lipinski definition) is 5. The molecule has 0 aliphatic rings. The molecule has 0 aromatic carbocycles. The number of rotatable bonds is 14. The summed E-state index contributed by atoms with van der Waals surface area (Å²) in [5, 5.41) is 35.4. The zero-order valence-corrected chi connectivity index (χ0v) is 15.3. The molecule has 0 N–H and O–H groups in total. The average Bonchev–Trinajstić information content (AvgIpc) is 2.43. The van der Waals surface area contributed by atoms with Crippen LogP contribution in [0.2, 0.25) is 0 Å². The zero-order valence-electron chi connectivity index (χ0n) is 14.3. The molecule has 0 bridgehead atoms. The molecule has 0 unspecified atom stereocenters. The average molecular weight is 378 g/mol. The second-order valence-electron chi connectivity index (χ2n) is 5.65. The van der Waals surface area contributed by atoms with Gasteiger partial charge in [0.1, 0.15) is 0 Å². The van der Waals surface area contributed by atoms with Crippen molar-refractivity contribution >= 4 is 13.3 Å². The summed E-state index contributed by atoms with van der Waals surface area (Å²) >= 11 is 0. The summed E-state index contributed by atoms with van der Waals surface area (Å²) in [5.41, 5.74) is 0. The number of hydrogen-bond donors (Lipinski definition) is 0. The quantitative estimate of drug-likeness (QED) is 0.319. The van der Waals surface area contributed by atoms with Crippen LogP contribution in [-0.2, 0) is 21.9 Å². The molecule has 0 atom stereocenters. The summed E-state index contributed by atoms with van der Waals surface area (Å²) in [6, 6.07) is 0. The van der Waals surface area contributed by atoms with Gasteiger partial charge in [-0.15, -0.1) is 0 Å². The normalized spacial score (nSPS) is 9.57. The van der Waals surface area contributed by atoms with Crippen LogP contribution in [0.5, 0.6) is 0 Å². The van der Waals surface area contributed by atoms with Crippen molar-refractivity contribution in [3.05, 3.63) is 0 Å². The molecule has 0 aliphatic heterocycles. The molecule has 143 valence electrons. The van der Waals surface area contributed by atoms with Crippen LogP contribution in [0.15, 0.2) is 0 Å². The van der Waals surface area contributed by atoms with Crippen molar-refractivity contribution in [2.45, 2.75) is 96.8 Å². The molecule has 1 radical (unpaired) electrons. The van der Waals surface area contributed by atoms with Crippen LogP contribution in [0.3, 0.4) is 0 Å². The molecule has 0 rings (SSSR count). The molecule has 0 saturated heterocycles. The van der Waals surface area contributed by atoms with Crippen molar-refractivity contribution in [2.24, 2.45) is 0 Å². The molecular weight excluding hydrogens is 347 g/mol. The number of unbranched alkanes of at least 4 members (excludes halogenated alkanes) is 12. The van der Waals surface area contributed by atoms with E-state index in [-0.39, 0.29) is 23.5 Å². The Morgan fingerprint density at radius 1 is 0.696 bits per heavy atom. The monoisotopic (exact) mass is 377 g/mol. The first kappa shape index (κ1) is 27.8. The van der Waals surface area contributed by atoms with Gasteiger partial charge in [-0.05, 0) is 12.8 Å². The standard InChI is InChI=1S/C16H32O2.BO3.Cu/c1-2-3-4-5-6-7-8-9-10-11-12-13-14-15-16(17)18;2-1(3)4;/h2-15H2,1H3,(H,17,18);;/q;-3;/p-1.